The Kier molecular flexibility index (Phi) is 6.92. The van der Waals surface area contributed by atoms with Crippen molar-refractivity contribution in [2.75, 3.05) is 19.8 Å². The van der Waals surface area contributed by atoms with Gasteiger partial charge in [0.1, 0.15) is 6.54 Å². The first kappa shape index (κ1) is 19.8. The summed E-state index contributed by atoms with van der Waals surface area (Å²) in [4.78, 5) is 28.9. The third kappa shape index (κ3) is 5.27. The lowest BCUT2D eigenvalue weighted by molar-refractivity contribution is -0.121. The topological polar surface area (TPSA) is 73.2 Å². The summed E-state index contributed by atoms with van der Waals surface area (Å²) < 4.78 is 6.94. The van der Waals surface area contributed by atoms with Crippen molar-refractivity contribution >= 4 is 16.8 Å². The van der Waals surface area contributed by atoms with E-state index in [1.165, 1.54) is 16.5 Å². The lowest BCUT2D eigenvalue weighted by Gasteiger charge is -2.09. The van der Waals surface area contributed by atoms with E-state index in [0.29, 0.717) is 30.7 Å². The predicted molar refractivity (Wildman–Crippen MR) is 109 cm³/mol. The molecular weight excluding hydrogens is 354 g/mol. The SMILES string of the molecule is Cc1cccc2c(=O)n(CC(=O)NCCCOCCc3ccccc3)cnc12. The van der Waals surface area contributed by atoms with Gasteiger partial charge in [0.05, 0.1) is 23.8 Å². The molecular formula is C22H25N3O3. The molecule has 0 spiro atoms. The molecule has 3 aromatic rings. The zero-order valence-corrected chi connectivity index (χ0v) is 16.1. The van der Waals surface area contributed by atoms with E-state index in [-0.39, 0.29) is 18.0 Å². The van der Waals surface area contributed by atoms with Crippen molar-refractivity contribution in [3.63, 3.8) is 0 Å². The zero-order valence-electron chi connectivity index (χ0n) is 16.1. The molecule has 6 heteroatoms. The minimum Gasteiger partial charge on any atom is -0.381 e. The zero-order chi connectivity index (χ0) is 19.8. The summed E-state index contributed by atoms with van der Waals surface area (Å²) in [5, 5.41) is 3.35. The normalized spacial score (nSPS) is 10.9. The van der Waals surface area contributed by atoms with Gasteiger partial charge < -0.3 is 10.1 Å². The van der Waals surface area contributed by atoms with Crippen LogP contribution in [0.3, 0.4) is 0 Å². The highest BCUT2D eigenvalue weighted by atomic mass is 16.5. The average Bonchev–Trinajstić information content (AvgIpc) is 2.71. The van der Waals surface area contributed by atoms with Gasteiger partial charge in [0.2, 0.25) is 5.91 Å². The van der Waals surface area contributed by atoms with Gasteiger partial charge in [-0.3, -0.25) is 14.2 Å². The molecule has 0 atom stereocenters. The molecule has 0 bridgehead atoms. The van der Waals surface area contributed by atoms with Crippen LogP contribution < -0.4 is 10.9 Å². The summed E-state index contributed by atoms with van der Waals surface area (Å²) in [6.45, 7) is 3.64. The van der Waals surface area contributed by atoms with Crippen LogP contribution in [-0.2, 0) is 22.5 Å². The molecule has 3 rings (SSSR count). The van der Waals surface area contributed by atoms with Gasteiger partial charge in [-0.15, -0.1) is 0 Å². The minimum atomic E-state index is -0.208. The predicted octanol–water partition coefficient (Wildman–Crippen LogP) is 2.47. The van der Waals surface area contributed by atoms with Crippen molar-refractivity contribution in [3.8, 4) is 0 Å². The monoisotopic (exact) mass is 379 g/mol. The van der Waals surface area contributed by atoms with Crippen molar-refractivity contribution < 1.29 is 9.53 Å². The average molecular weight is 379 g/mol. The lowest BCUT2D eigenvalue weighted by Crippen LogP contribution is -2.33. The van der Waals surface area contributed by atoms with E-state index in [1.54, 1.807) is 6.07 Å². The second-order valence-electron chi connectivity index (χ2n) is 6.70. The van der Waals surface area contributed by atoms with Crippen LogP contribution in [0.25, 0.3) is 10.9 Å². The summed E-state index contributed by atoms with van der Waals surface area (Å²) in [5.74, 6) is -0.208. The summed E-state index contributed by atoms with van der Waals surface area (Å²) in [5.41, 5.74) is 2.67. The molecule has 0 fully saturated rings. The van der Waals surface area contributed by atoms with Gasteiger partial charge in [0.15, 0.2) is 0 Å². The largest absolute Gasteiger partial charge is 0.381 e. The fourth-order valence-corrected chi connectivity index (χ4v) is 3.00. The molecule has 0 saturated carbocycles. The lowest BCUT2D eigenvalue weighted by atomic mass is 10.1. The Balaban J connectivity index is 1.38. The first-order valence-electron chi connectivity index (χ1n) is 9.48. The van der Waals surface area contributed by atoms with Gasteiger partial charge in [0, 0.05) is 13.2 Å². The van der Waals surface area contributed by atoms with Gasteiger partial charge in [-0.1, -0.05) is 42.5 Å². The molecule has 6 nitrogen and oxygen atoms in total. The molecule has 0 saturated heterocycles. The van der Waals surface area contributed by atoms with Gasteiger partial charge in [-0.05, 0) is 37.0 Å². The molecule has 1 aromatic heterocycles. The Morgan fingerprint density at radius 3 is 2.75 bits per heavy atom. The van der Waals surface area contributed by atoms with Crippen molar-refractivity contribution in [1.29, 1.82) is 0 Å². The molecule has 0 aliphatic carbocycles. The van der Waals surface area contributed by atoms with E-state index >= 15 is 0 Å². The van der Waals surface area contributed by atoms with Crippen LogP contribution >= 0.6 is 0 Å². The van der Waals surface area contributed by atoms with Gasteiger partial charge in [-0.25, -0.2) is 4.98 Å². The van der Waals surface area contributed by atoms with Crippen LogP contribution in [0.5, 0.6) is 0 Å². The molecule has 1 amide bonds. The summed E-state index contributed by atoms with van der Waals surface area (Å²) in [7, 11) is 0. The molecule has 0 aliphatic rings. The number of rotatable bonds is 9. The highest BCUT2D eigenvalue weighted by molar-refractivity contribution is 5.81. The maximum Gasteiger partial charge on any atom is 0.261 e. The van der Waals surface area contributed by atoms with E-state index in [4.69, 9.17) is 4.74 Å². The highest BCUT2D eigenvalue weighted by Crippen LogP contribution is 2.11. The molecule has 0 unspecified atom stereocenters. The molecule has 1 N–H and O–H groups in total. The molecule has 1 heterocycles. The third-order valence-corrected chi connectivity index (χ3v) is 4.53. The quantitative estimate of drug-likeness (QED) is 0.580. The van der Waals surface area contributed by atoms with Crippen molar-refractivity contribution in [2.24, 2.45) is 0 Å². The van der Waals surface area contributed by atoms with Crippen molar-refractivity contribution in [2.45, 2.75) is 26.3 Å². The minimum absolute atomic E-state index is 0.0371. The molecule has 0 radical (unpaired) electrons. The second-order valence-corrected chi connectivity index (χ2v) is 6.70. The number of benzene rings is 2. The van der Waals surface area contributed by atoms with Crippen LogP contribution in [0.1, 0.15) is 17.5 Å². The van der Waals surface area contributed by atoms with E-state index in [9.17, 15) is 9.59 Å². The van der Waals surface area contributed by atoms with Crippen molar-refractivity contribution in [1.82, 2.24) is 14.9 Å². The van der Waals surface area contributed by atoms with E-state index in [1.807, 2.05) is 37.3 Å². The number of amides is 1. The number of para-hydroxylation sites is 1. The number of carbonyl (C=O) groups is 1. The van der Waals surface area contributed by atoms with E-state index < -0.39 is 0 Å². The number of nitrogens with one attached hydrogen (secondary N) is 1. The Hall–Kier alpha value is -2.99. The van der Waals surface area contributed by atoms with Gasteiger partial charge in [-0.2, -0.15) is 0 Å². The van der Waals surface area contributed by atoms with Crippen LogP contribution in [0.15, 0.2) is 59.7 Å². The van der Waals surface area contributed by atoms with E-state index in [2.05, 4.69) is 22.4 Å². The van der Waals surface area contributed by atoms with Crippen LogP contribution in [0, 0.1) is 6.92 Å². The Morgan fingerprint density at radius 2 is 1.93 bits per heavy atom. The fraction of sp³-hybridized carbons (Fsp3) is 0.318. The molecule has 28 heavy (non-hydrogen) atoms. The Morgan fingerprint density at radius 1 is 1.11 bits per heavy atom. The number of hydrogen-bond donors (Lipinski definition) is 1. The number of hydrogen-bond acceptors (Lipinski definition) is 4. The van der Waals surface area contributed by atoms with Crippen molar-refractivity contribution in [3.05, 3.63) is 76.3 Å². The number of aryl methyl sites for hydroxylation is 1. The molecule has 146 valence electrons. The maximum atomic E-state index is 12.5. The van der Waals surface area contributed by atoms with Gasteiger partial charge in [0.25, 0.3) is 5.56 Å². The highest BCUT2D eigenvalue weighted by Gasteiger charge is 2.08. The summed E-state index contributed by atoms with van der Waals surface area (Å²) in [6.07, 6.45) is 3.04. The van der Waals surface area contributed by atoms with Crippen LogP contribution in [-0.4, -0.2) is 35.2 Å². The standard InChI is InChI=1S/C22H25N3O3/c1-17-7-5-10-19-21(17)24-16-25(22(19)27)15-20(26)23-12-6-13-28-14-11-18-8-3-2-4-9-18/h2-5,7-10,16H,6,11-15H2,1H3,(H,23,26). The van der Waals surface area contributed by atoms with E-state index in [0.717, 1.165) is 18.4 Å². The molecule has 2 aromatic carbocycles. The fourth-order valence-electron chi connectivity index (χ4n) is 3.00. The molecule has 0 aliphatic heterocycles. The first-order valence-corrected chi connectivity index (χ1v) is 9.48. The van der Waals surface area contributed by atoms with Crippen LogP contribution in [0.4, 0.5) is 0 Å². The number of nitrogens with zero attached hydrogens (tertiary/aromatic N) is 2. The summed E-state index contributed by atoms with van der Waals surface area (Å²) >= 11 is 0. The summed E-state index contributed by atoms with van der Waals surface area (Å²) in [6, 6.07) is 15.7. The number of carbonyl (C=O) groups excluding carboxylic acids is 1. The first-order chi connectivity index (χ1) is 13.6. The maximum absolute atomic E-state index is 12.5. The Bertz CT molecular complexity index is 983. The number of fused-ring (bicyclic) bond motifs is 1. The smallest absolute Gasteiger partial charge is 0.261 e. The second kappa shape index (κ2) is 9.80. The number of ether oxygens (including phenoxy) is 1. The number of aromatic nitrogens is 2. The third-order valence-electron chi connectivity index (χ3n) is 4.53. The van der Waals surface area contributed by atoms with Gasteiger partial charge >= 0.3 is 0 Å². The Labute approximate surface area is 164 Å². The van der Waals surface area contributed by atoms with Crippen LogP contribution in [0.2, 0.25) is 0 Å².